The highest BCUT2D eigenvalue weighted by Crippen LogP contribution is 2.25. The van der Waals surface area contributed by atoms with E-state index in [4.69, 9.17) is 20.9 Å². The van der Waals surface area contributed by atoms with E-state index in [9.17, 15) is 4.79 Å². The monoisotopic (exact) mass is 455 g/mol. The number of hydrogen-bond acceptors (Lipinski definition) is 7. The molecule has 4 rings (SSSR count). The SMILES string of the molecule is CN(C)C1CCN(c2ccc(-c3noc(CNC(=O)COc4ccc(Cl)cc4)n3)cc2)C1. The Hall–Kier alpha value is -3.10. The molecule has 0 aliphatic carbocycles. The summed E-state index contributed by atoms with van der Waals surface area (Å²) in [6.45, 7) is 2.10. The van der Waals surface area contributed by atoms with Crippen molar-refractivity contribution in [1.29, 1.82) is 0 Å². The van der Waals surface area contributed by atoms with Crippen molar-refractivity contribution in [1.82, 2.24) is 20.4 Å². The second-order valence-corrected chi connectivity index (χ2v) is 8.37. The van der Waals surface area contributed by atoms with Crippen LogP contribution in [0.2, 0.25) is 5.02 Å². The van der Waals surface area contributed by atoms with Gasteiger partial charge in [-0.3, -0.25) is 4.79 Å². The summed E-state index contributed by atoms with van der Waals surface area (Å²) in [5, 5.41) is 7.34. The predicted octanol–water partition coefficient (Wildman–Crippen LogP) is 3.23. The van der Waals surface area contributed by atoms with Gasteiger partial charge in [-0.1, -0.05) is 16.8 Å². The van der Waals surface area contributed by atoms with Crippen LogP contribution in [-0.2, 0) is 11.3 Å². The van der Waals surface area contributed by atoms with Gasteiger partial charge in [-0.05, 0) is 69.0 Å². The van der Waals surface area contributed by atoms with Gasteiger partial charge in [-0.15, -0.1) is 0 Å². The Bertz CT molecular complexity index is 1040. The molecule has 0 bridgehead atoms. The molecular weight excluding hydrogens is 430 g/mol. The molecule has 1 aliphatic rings. The van der Waals surface area contributed by atoms with Crippen molar-refractivity contribution >= 4 is 23.2 Å². The molecule has 1 aromatic heterocycles. The number of carbonyl (C=O) groups is 1. The van der Waals surface area contributed by atoms with Crippen molar-refractivity contribution in [2.45, 2.75) is 19.0 Å². The van der Waals surface area contributed by atoms with E-state index in [1.54, 1.807) is 24.3 Å². The number of nitrogens with one attached hydrogen (secondary N) is 1. The summed E-state index contributed by atoms with van der Waals surface area (Å²) in [6.07, 6.45) is 1.17. The summed E-state index contributed by atoms with van der Waals surface area (Å²) in [6, 6.07) is 15.5. The van der Waals surface area contributed by atoms with Gasteiger partial charge in [0.2, 0.25) is 11.7 Å². The molecule has 0 spiro atoms. The van der Waals surface area contributed by atoms with Gasteiger partial charge in [-0.2, -0.15) is 4.98 Å². The minimum absolute atomic E-state index is 0.116. The Morgan fingerprint density at radius 1 is 1.22 bits per heavy atom. The second kappa shape index (κ2) is 10.0. The fourth-order valence-electron chi connectivity index (χ4n) is 3.57. The number of benzene rings is 2. The van der Waals surface area contributed by atoms with Crippen LogP contribution in [0.3, 0.4) is 0 Å². The van der Waals surface area contributed by atoms with Crippen molar-refractivity contribution in [2.75, 3.05) is 38.7 Å². The van der Waals surface area contributed by atoms with Crippen molar-refractivity contribution in [2.24, 2.45) is 0 Å². The summed E-state index contributed by atoms with van der Waals surface area (Å²) >= 11 is 5.83. The van der Waals surface area contributed by atoms with Crippen molar-refractivity contribution in [3.8, 4) is 17.1 Å². The first-order valence-electron chi connectivity index (χ1n) is 10.5. The third kappa shape index (κ3) is 5.57. The van der Waals surface area contributed by atoms with E-state index in [2.05, 4.69) is 51.5 Å². The molecule has 1 fully saturated rings. The molecule has 1 atom stereocenters. The highest BCUT2D eigenvalue weighted by molar-refractivity contribution is 6.30. The Labute approximate surface area is 192 Å². The number of hydrogen-bond donors (Lipinski definition) is 1. The maximum absolute atomic E-state index is 12.0. The molecule has 1 amide bonds. The minimum atomic E-state index is -0.286. The molecule has 0 saturated carbocycles. The van der Waals surface area contributed by atoms with Crippen LogP contribution < -0.4 is 15.0 Å². The van der Waals surface area contributed by atoms with Crippen LogP contribution in [0.5, 0.6) is 5.75 Å². The average molecular weight is 456 g/mol. The summed E-state index contributed by atoms with van der Waals surface area (Å²) < 4.78 is 10.7. The van der Waals surface area contributed by atoms with Gasteiger partial charge in [-0.25, -0.2) is 0 Å². The zero-order chi connectivity index (χ0) is 22.5. The molecule has 1 unspecified atom stereocenters. The summed E-state index contributed by atoms with van der Waals surface area (Å²) in [7, 11) is 4.25. The number of amides is 1. The zero-order valence-electron chi connectivity index (χ0n) is 18.1. The van der Waals surface area contributed by atoms with Crippen LogP contribution in [0.15, 0.2) is 53.1 Å². The average Bonchev–Trinajstić information content (AvgIpc) is 3.48. The third-order valence-corrected chi connectivity index (χ3v) is 5.72. The lowest BCUT2D eigenvalue weighted by Gasteiger charge is -2.21. The van der Waals surface area contributed by atoms with E-state index < -0.39 is 0 Å². The number of rotatable bonds is 8. The fraction of sp³-hybridized carbons (Fsp3) is 0.348. The van der Waals surface area contributed by atoms with Crippen LogP contribution in [-0.4, -0.2) is 60.8 Å². The Kier molecular flexibility index (Phi) is 6.92. The lowest BCUT2D eigenvalue weighted by molar-refractivity contribution is -0.123. The van der Waals surface area contributed by atoms with E-state index in [-0.39, 0.29) is 19.1 Å². The predicted molar refractivity (Wildman–Crippen MR) is 123 cm³/mol. The normalized spacial score (nSPS) is 15.9. The van der Waals surface area contributed by atoms with Gasteiger partial charge in [0.05, 0.1) is 6.54 Å². The topological polar surface area (TPSA) is 83.7 Å². The summed E-state index contributed by atoms with van der Waals surface area (Å²) in [4.78, 5) is 21.0. The van der Waals surface area contributed by atoms with Crippen LogP contribution in [0.25, 0.3) is 11.4 Å². The van der Waals surface area contributed by atoms with Crippen molar-refractivity contribution in [3.63, 3.8) is 0 Å². The van der Waals surface area contributed by atoms with Gasteiger partial charge < -0.3 is 24.4 Å². The lowest BCUT2D eigenvalue weighted by atomic mass is 10.2. The first-order valence-corrected chi connectivity index (χ1v) is 10.8. The van der Waals surface area contributed by atoms with E-state index in [1.807, 2.05) is 12.1 Å². The Morgan fingerprint density at radius 2 is 1.97 bits per heavy atom. The largest absolute Gasteiger partial charge is 0.484 e. The van der Waals surface area contributed by atoms with Crippen LogP contribution in [0.1, 0.15) is 12.3 Å². The smallest absolute Gasteiger partial charge is 0.258 e. The molecule has 9 heteroatoms. The number of carbonyl (C=O) groups excluding carboxylic acids is 1. The molecule has 2 aromatic carbocycles. The number of halogens is 1. The molecular formula is C23H26ClN5O3. The highest BCUT2D eigenvalue weighted by Gasteiger charge is 2.24. The Morgan fingerprint density at radius 3 is 2.66 bits per heavy atom. The molecule has 1 aliphatic heterocycles. The first kappa shape index (κ1) is 22.1. The summed E-state index contributed by atoms with van der Waals surface area (Å²) in [5.74, 6) is 1.10. The molecule has 32 heavy (non-hydrogen) atoms. The number of nitrogens with zero attached hydrogens (tertiary/aromatic N) is 4. The van der Waals surface area contributed by atoms with E-state index in [0.29, 0.717) is 28.5 Å². The van der Waals surface area contributed by atoms with E-state index in [0.717, 1.165) is 18.7 Å². The van der Waals surface area contributed by atoms with E-state index in [1.165, 1.54) is 12.1 Å². The van der Waals surface area contributed by atoms with Gasteiger partial charge in [0.25, 0.3) is 5.91 Å². The number of anilines is 1. The maximum atomic E-state index is 12.0. The summed E-state index contributed by atoms with van der Waals surface area (Å²) in [5.41, 5.74) is 2.05. The third-order valence-electron chi connectivity index (χ3n) is 5.47. The number of aromatic nitrogens is 2. The molecule has 1 N–H and O–H groups in total. The highest BCUT2D eigenvalue weighted by atomic mass is 35.5. The molecule has 3 aromatic rings. The molecule has 2 heterocycles. The van der Waals surface area contributed by atoms with Gasteiger partial charge >= 0.3 is 0 Å². The fourth-order valence-corrected chi connectivity index (χ4v) is 3.69. The number of ether oxygens (including phenoxy) is 1. The number of likely N-dealkylation sites (N-methyl/N-ethyl adjacent to an activating group) is 1. The van der Waals surface area contributed by atoms with Crippen LogP contribution in [0, 0.1) is 0 Å². The maximum Gasteiger partial charge on any atom is 0.258 e. The van der Waals surface area contributed by atoms with Crippen molar-refractivity contribution in [3.05, 3.63) is 59.4 Å². The van der Waals surface area contributed by atoms with Crippen LogP contribution >= 0.6 is 11.6 Å². The minimum Gasteiger partial charge on any atom is -0.484 e. The Balaban J connectivity index is 1.27. The molecule has 1 saturated heterocycles. The quantitative estimate of drug-likeness (QED) is 0.558. The molecule has 168 valence electrons. The zero-order valence-corrected chi connectivity index (χ0v) is 18.9. The van der Waals surface area contributed by atoms with Gasteiger partial charge in [0.15, 0.2) is 6.61 Å². The molecule has 8 nitrogen and oxygen atoms in total. The lowest BCUT2D eigenvalue weighted by Crippen LogP contribution is -2.31. The van der Waals surface area contributed by atoms with Crippen LogP contribution in [0.4, 0.5) is 5.69 Å². The first-order chi connectivity index (χ1) is 15.5. The van der Waals surface area contributed by atoms with Gasteiger partial charge in [0, 0.05) is 35.4 Å². The molecule has 0 radical (unpaired) electrons. The van der Waals surface area contributed by atoms with Crippen molar-refractivity contribution < 1.29 is 14.1 Å². The standard InChI is InChI=1S/C23H26ClN5O3/c1-28(2)19-11-12-29(14-19)18-7-3-16(4-8-18)23-26-22(32-27-23)13-25-21(30)15-31-20-9-5-17(24)6-10-20/h3-10,19H,11-15H2,1-2H3,(H,25,30). The second-order valence-electron chi connectivity index (χ2n) is 7.93. The van der Waals surface area contributed by atoms with Gasteiger partial charge in [0.1, 0.15) is 5.75 Å². The van der Waals surface area contributed by atoms with E-state index >= 15 is 0 Å².